The first-order valence-corrected chi connectivity index (χ1v) is 46.9. The van der Waals surface area contributed by atoms with Crippen LogP contribution in [0.1, 0.15) is 203 Å². The van der Waals surface area contributed by atoms with Crippen molar-refractivity contribution in [1.29, 1.82) is 0 Å². The van der Waals surface area contributed by atoms with Crippen molar-refractivity contribution in [2.45, 2.75) is 248 Å². The molecule has 4 aromatic rings. The molecule has 15 atom stereocenters. The summed E-state index contributed by atoms with van der Waals surface area (Å²) >= 11 is 0. The van der Waals surface area contributed by atoms with Crippen LogP contribution >= 0.6 is 0 Å². The van der Waals surface area contributed by atoms with Gasteiger partial charge in [0.05, 0.1) is 165 Å². The minimum atomic E-state index is -0.991. The Morgan fingerprint density at radius 3 is 0.712 bits per heavy atom. The fraction of sp³-hybridized carbons (Fsp3) is 0.621. The number of rotatable bonds is 75. The van der Waals surface area contributed by atoms with E-state index in [4.69, 9.17) is 104 Å². The molecule has 4 rings (SSSR count). The van der Waals surface area contributed by atoms with Gasteiger partial charge in [0.2, 0.25) is 0 Å². The van der Waals surface area contributed by atoms with E-state index in [1.807, 2.05) is 64.1 Å². The van der Waals surface area contributed by atoms with Gasteiger partial charge in [0, 0.05) is 29.7 Å². The van der Waals surface area contributed by atoms with Crippen molar-refractivity contribution in [3.05, 3.63) is 144 Å². The molecule has 0 aliphatic rings. The Labute approximate surface area is 784 Å². The highest BCUT2D eigenvalue weighted by Gasteiger charge is 2.34. The zero-order valence-electron chi connectivity index (χ0n) is 81.7. The number of hydrogen-bond acceptors (Lipinski definition) is 29. The lowest BCUT2D eigenvalue weighted by Gasteiger charge is -2.34. The highest BCUT2D eigenvalue weighted by Crippen LogP contribution is 2.28. The van der Waals surface area contributed by atoms with E-state index in [0.29, 0.717) is 67.9 Å². The molecule has 0 heterocycles. The first kappa shape index (κ1) is 115. The monoisotopic (exact) mass is 1860 g/mol. The summed E-state index contributed by atoms with van der Waals surface area (Å²) in [6.45, 7) is 25.3. The average Bonchev–Trinajstić information content (AvgIpc) is 0.863. The summed E-state index contributed by atoms with van der Waals surface area (Å²) in [6, 6.07) is 28.7. The predicted molar refractivity (Wildman–Crippen MR) is 504 cm³/mol. The summed E-state index contributed by atoms with van der Waals surface area (Å²) in [5.74, 6) is -1.41. The van der Waals surface area contributed by atoms with Gasteiger partial charge in [-0.2, -0.15) is 0 Å². The molecular weight excluding hydrogens is 1700 g/mol. The van der Waals surface area contributed by atoms with Gasteiger partial charge in [0.25, 0.3) is 0 Å². The number of carbonyl (C=O) groups excluding carboxylic acids is 7. The van der Waals surface area contributed by atoms with Crippen molar-refractivity contribution < 1.29 is 138 Å². The molecule has 132 heavy (non-hydrogen) atoms. The smallest absolute Gasteiger partial charge is 0.331 e. The third kappa shape index (κ3) is 50.8. The van der Waals surface area contributed by atoms with Crippen molar-refractivity contribution in [3.8, 4) is 23.0 Å². The van der Waals surface area contributed by atoms with Crippen LogP contribution in [-0.4, -0.2) is 256 Å². The molecular formula is C103H154O29. The van der Waals surface area contributed by atoms with Gasteiger partial charge in [-0.25, -0.2) is 19.2 Å². The SMILES string of the molecule is CCCCC(CC)C(=O)OC(C)COCC(COCC(CC)(COCC(COCC(C)OC(=O)C=Cc1ccc(OC)cc1)OCC(C)OC(=O)C(CC)CCCC)COCC(COCC(C)OC(=O)C(CC)CCCC)OCC(COCC(C)OC(=O)C=Cc1ccc(OC)cc1)OCC(C)OC(=O)C=Cc1ccc(OC)cc1)OCC(C)OC(=O)C=Cc1ccc(OC)cc1. The summed E-state index contributed by atoms with van der Waals surface area (Å²) in [6.07, 6.45) is 13.5. The average molecular weight is 1860 g/mol. The summed E-state index contributed by atoms with van der Waals surface area (Å²) in [7, 11) is 6.29. The zero-order chi connectivity index (χ0) is 96.7. The number of unbranched alkanes of at least 4 members (excludes halogenated alkanes) is 3. The van der Waals surface area contributed by atoms with Crippen LogP contribution in [-0.2, 0) is 119 Å². The van der Waals surface area contributed by atoms with Gasteiger partial charge in [-0.05, 0) is 189 Å². The minimum absolute atomic E-state index is 0.00149. The number of esters is 7. The van der Waals surface area contributed by atoms with Gasteiger partial charge < -0.3 is 104 Å². The first-order chi connectivity index (χ1) is 63.6. The second-order valence-electron chi connectivity index (χ2n) is 33.3. The number of hydrogen-bond donors (Lipinski definition) is 0. The molecule has 4 aromatic carbocycles. The molecule has 0 fully saturated rings. The Morgan fingerprint density at radius 2 is 0.485 bits per heavy atom. The molecule has 0 saturated heterocycles. The number of carbonyl (C=O) groups is 7. The van der Waals surface area contributed by atoms with Crippen LogP contribution in [0.15, 0.2) is 121 Å². The van der Waals surface area contributed by atoms with E-state index < -0.39 is 96.4 Å². The summed E-state index contributed by atoms with van der Waals surface area (Å²) in [4.78, 5) is 93.2. The van der Waals surface area contributed by atoms with Crippen LogP contribution in [0.2, 0.25) is 0 Å². The second kappa shape index (κ2) is 68.8. The summed E-state index contributed by atoms with van der Waals surface area (Å²) in [5.41, 5.74) is 2.04. The zero-order valence-corrected chi connectivity index (χ0v) is 81.7. The maximum atomic E-state index is 13.5. The van der Waals surface area contributed by atoms with E-state index in [-0.39, 0.29) is 155 Å². The van der Waals surface area contributed by atoms with Crippen LogP contribution in [0, 0.1) is 23.2 Å². The van der Waals surface area contributed by atoms with Gasteiger partial charge in [-0.3, -0.25) is 14.4 Å². The molecule has 29 heteroatoms. The van der Waals surface area contributed by atoms with Gasteiger partial charge in [0.15, 0.2) is 0 Å². The van der Waals surface area contributed by atoms with Crippen molar-refractivity contribution in [3.63, 3.8) is 0 Å². The third-order valence-corrected chi connectivity index (χ3v) is 21.3. The quantitative estimate of drug-likeness (QED) is 0.0225. The topological polar surface area (TPSA) is 323 Å². The Morgan fingerprint density at radius 1 is 0.273 bits per heavy atom. The normalized spacial score (nSPS) is 15.4. The lowest BCUT2D eigenvalue weighted by molar-refractivity contribution is -0.164. The Kier molecular flexibility index (Phi) is 60.1. The highest BCUT2D eigenvalue weighted by molar-refractivity contribution is 5.89. The molecule has 29 nitrogen and oxygen atoms in total. The van der Waals surface area contributed by atoms with Gasteiger partial charge in [-0.15, -0.1) is 0 Å². The van der Waals surface area contributed by atoms with Gasteiger partial charge >= 0.3 is 41.8 Å². The van der Waals surface area contributed by atoms with E-state index in [1.54, 1.807) is 162 Å². The van der Waals surface area contributed by atoms with Crippen molar-refractivity contribution in [1.82, 2.24) is 0 Å². The molecule has 0 bridgehead atoms. The minimum Gasteiger partial charge on any atom is -0.497 e. The van der Waals surface area contributed by atoms with E-state index in [1.165, 1.54) is 24.3 Å². The Hall–Kier alpha value is -9.11. The molecule has 0 aromatic heterocycles. The number of methoxy groups -OCH3 is 4. The number of benzene rings is 4. The van der Waals surface area contributed by atoms with Gasteiger partial charge in [-0.1, -0.05) is 136 Å². The molecule has 0 saturated carbocycles. The lowest BCUT2D eigenvalue weighted by Crippen LogP contribution is -2.41. The van der Waals surface area contributed by atoms with Crippen LogP contribution in [0.4, 0.5) is 0 Å². The summed E-state index contributed by atoms with van der Waals surface area (Å²) < 4.78 is 134. The Bertz CT molecular complexity index is 3910. The maximum Gasteiger partial charge on any atom is 0.331 e. The molecule has 740 valence electrons. The van der Waals surface area contributed by atoms with E-state index in [2.05, 4.69) is 20.8 Å². The third-order valence-electron chi connectivity index (χ3n) is 21.3. The fourth-order valence-corrected chi connectivity index (χ4v) is 13.2. The van der Waals surface area contributed by atoms with Crippen LogP contribution in [0.3, 0.4) is 0 Å². The second-order valence-corrected chi connectivity index (χ2v) is 33.3. The van der Waals surface area contributed by atoms with Crippen molar-refractivity contribution in [2.24, 2.45) is 23.2 Å². The lowest BCUT2D eigenvalue weighted by atomic mass is 9.88. The standard InChI is InChI=1S/C103H154O29/c1-19-26-29-85(22-4)100(108)130-76(10)58-117-64-92(122-60-78(12)128-98(106)54-42-83-36-48-90(113-17)49-37-83)67-119-71-103(25-7,72-120-68-93(123-62-80(14)132-102(110)87(24-6)31-28-21-3)63-115-56-74(8)126-96(104)52-40-81-32-44-88(111-15)45-33-81)73-121-69-94(65-118-59-77(11)131-101(109)86(23-5)30-27-20-2)125-70-95(124-61-79(13)129-99(107)55-43-84-38-50-91(114-18)51-39-84)66-116-57-75(9)127-97(105)53-41-82-34-46-89(112-16)47-35-82/h32-55,74-80,85-87,92-95H,19-31,56-73H2,1-18H3. The first-order valence-electron chi connectivity index (χ1n) is 46.9. The van der Waals surface area contributed by atoms with Crippen molar-refractivity contribution in [2.75, 3.05) is 147 Å². The molecule has 0 spiro atoms. The largest absolute Gasteiger partial charge is 0.497 e. The molecule has 15 unspecified atom stereocenters. The maximum absolute atomic E-state index is 13.5. The van der Waals surface area contributed by atoms with Crippen LogP contribution in [0.5, 0.6) is 23.0 Å². The van der Waals surface area contributed by atoms with Crippen molar-refractivity contribution >= 4 is 66.1 Å². The fourth-order valence-electron chi connectivity index (χ4n) is 13.2. The van der Waals surface area contributed by atoms with Gasteiger partial charge in [0.1, 0.15) is 90.1 Å². The predicted octanol–water partition coefficient (Wildman–Crippen LogP) is 17.1. The molecule has 0 radical (unpaired) electrons. The molecule has 0 N–H and O–H groups in total. The van der Waals surface area contributed by atoms with E-state index >= 15 is 0 Å². The Balaban J connectivity index is 1.76. The van der Waals surface area contributed by atoms with Crippen LogP contribution < -0.4 is 18.9 Å². The van der Waals surface area contributed by atoms with E-state index in [9.17, 15) is 33.6 Å². The van der Waals surface area contributed by atoms with Crippen LogP contribution in [0.25, 0.3) is 24.3 Å². The molecule has 0 aliphatic heterocycles. The van der Waals surface area contributed by atoms with E-state index in [0.717, 1.165) is 60.8 Å². The highest BCUT2D eigenvalue weighted by atomic mass is 16.6. The summed E-state index contributed by atoms with van der Waals surface area (Å²) in [5, 5.41) is 0. The number of ether oxygens (including phenoxy) is 22. The molecule has 0 amide bonds. The molecule has 0 aliphatic carbocycles.